The van der Waals surface area contributed by atoms with Crippen molar-refractivity contribution >= 4 is 40.0 Å². The molecule has 0 saturated heterocycles. The minimum Gasteiger partial charge on any atom is -0.462 e. The number of esters is 2. The fourth-order valence-corrected chi connectivity index (χ4v) is 5.02. The maximum Gasteiger partial charge on any atom is 0.348 e. The lowest BCUT2D eigenvalue weighted by Crippen LogP contribution is -2.11. The van der Waals surface area contributed by atoms with Crippen LogP contribution in [0, 0.1) is 6.92 Å². The third-order valence-corrected chi connectivity index (χ3v) is 6.52. The van der Waals surface area contributed by atoms with Crippen molar-refractivity contribution in [2.24, 2.45) is 7.05 Å². The molecule has 0 unspecified atom stereocenters. The first-order valence-electron chi connectivity index (χ1n) is 9.71. The Hall–Kier alpha value is -2.85. The van der Waals surface area contributed by atoms with Crippen LogP contribution in [0.4, 0.5) is 5.00 Å². The molecule has 0 bridgehead atoms. The Morgan fingerprint density at radius 2 is 1.87 bits per heavy atom. The molecule has 31 heavy (non-hydrogen) atoms. The number of carbonyl (C=O) groups is 2. The summed E-state index contributed by atoms with van der Waals surface area (Å²) in [5, 5.41) is 9.46. The van der Waals surface area contributed by atoms with E-state index in [-0.39, 0.29) is 29.5 Å². The zero-order valence-electron chi connectivity index (χ0n) is 17.8. The van der Waals surface area contributed by atoms with Crippen LogP contribution in [0.1, 0.15) is 45.0 Å². The highest BCUT2D eigenvalue weighted by atomic mass is 32.2. The predicted molar refractivity (Wildman–Crippen MR) is 121 cm³/mol. The van der Waals surface area contributed by atoms with E-state index in [1.54, 1.807) is 13.8 Å². The Kier molecular flexibility index (Phi) is 7.34. The van der Waals surface area contributed by atoms with Crippen molar-refractivity contribution in [3.05, 3.63) is 45.8 Å². The van der Waals surface area contributed by atoms with Gasteiger partial charge in [-0.25, -0.2) is 9.59 Å². The van der Waals surface area contributed by atoms with E-state index < -0.39 is 11.9 Å². The summed E-state index contributed by atoms with van der Waals surface area (Å²) in [4.78, 5) is 25.2. The van der Waals surface area contributed by atoms with Gasteiger partial charge in [-0.05, 0) is 26.8 Å². The zero-order valence-corrected chi connectivity index (χ0v) is 19.4. The van der Waals surface area contributed by atoms with Gasteiger partial charge in [-0.2, -0.15) is 0 Å². The van der Waals surface area contributed by atoms with Crippen LogP contribution in [0.3, 0.4) is 0 Å². The summed E-state index contributed by atoms with van der Waals surface area (Å²) < 4.78 is 12.2. The van der Waals surface area contributed by atoms with Gasteiger partial charge in [0.15, 0.2) is 11.0 Å². The minimum atomic E-state index is -0.555. The van der Waals surface area contributed by atoms with Crippen molar-refractivity contribution < 1.29 is 19.1 Å². The molecule has 0 saturated carbocycles. The van der Waals surface area contributed by atoms with Crippen LogP contribution in [0.25, 0.3) is 11.4 Å². The van der Waals surface area contributed by atoms with Crippen molar-refractivity contribution in [1.29, 1.82) is 0 Å². The number of nitrogens with two attached hydrogens (primary N) is 1. The smallest absolute Gasteiger partial charge is 0.348 e. The minimum absolute atomic E-state index is 0.207. The van der Waals surface area contributed by atoms with Gasteiger partial charge >= 0.3 is 11.9 Å². The molecule has 0 radical (unpaired) electrons. The summed E-state index contributed by atoms with van der Waals surface area (Å²) in [5.74, 6) is -0.0488. The maximum absolute atomic E-state index is 12.5. The largest absolute Gasteiger partial charge is 0.462 e. The van der Waals surface area contributed by atoms with Gasteiger partial charge in [-0.15, -0.1) is 21.5 Å². The average molecular weight is 461 g/mol. The van der Waals surface area contributed by atoms with E-state index >= 15 is 0 Å². The van der Waals surface area contributed by atoms with Gasteiger partial charge in [0.1, 0.15) is 9.88 Å². The molecule has 0 fully saturated rings. The monoisotopic (exact) mass is 460 g/mol. The average Bonchev–Trinajstić information content (AvgIpc) is 3.26. The lowest BCUT2D eigenvalue weighted by atomic mass is 10.1. The molecule has 2 heterocycles. The number of rotatable bonds is 8. The van der Waals surface area contributed by atoms with E-state index in [4.69, 9.17) is 15.2 Å². The first kappa shape index (κ1) is 22.8. The Bertz CT molecular complexity index is 1110. The van der Waals surface area contributed by atoms with Gasteiger partial charge in [-0.3, -0.25) is 0 Å². The fourth-order valence-electron chi connectivity index (χ4n) is 3.02. The van der Waals surface area contributed by atoms with Crippen molar-refractivity contribution in [2.45, 2.75) is 31.7 Å². The van der Waals surface area contributed by atoms with Crippen LogP contribution >= 0.6 is 23.1 Å². The number of aromatic nitrogens is 3. The van der Waals surface area contributed by atoms with Crippen molar-refractivity contribution in [3.63, 3.8) is 0 Å². The van der Waals surface area contributed by atoms with E-state index in [0.717, 1.165) is 28.3 Å². The summed E-state index contributed by atoms with van der Waals surface area (Å²) in [6.07, 6.45) is 0. The quantitative estimate of drug-likeness (QED) is 0.396. The van der Waals surface area contributed by atoms with E-state index in [2.05, 4.69) is 10.2 Å². The highest BCUT2D eigenvalue weighted by Gasteiger charge is 2.28. The Morgan fingerprint density at radius 3 is 2.55 bits per heavy atom. The molecule has 164 valence electrons. The molecule has 0 aliphatic carbocycles. The molecule has 10 heteroatoms. The lowest BCUT2D eigenvalue weighted by molar-refractivity contribution is 0.0527. The third kappa shape index (κ3) is 4.91. The molecule has 1 aromatic carbocycles. The molecule has 0 atom stereocenters. The Balaban J connectivity index is 1.92. The highest BCUT2D eigenvalue weighted by Crippen LogP contribution is 2.36. The fraction of sp³-hybridized carbons (Fsp3) is 0.333. The standard InChI is InChI=1S/C21H24N4O4S2/c1-5-28-19(26)15-14(16(31-17(15)22)20(27)29-6-2)11-30-21-24-23-18(25(21)4)13-9-7-8-12(3)10-13/h7-10H,5-6,11,22H2,1-4H3. The SMILES string of the molecule is CCOC(=O)c1sc(N)c(C(=O)OCC)c1CSc1nnc(-c2cccc(C)c2)n1C. The highest BCUT2D eigenvalue weighted by molar-refractivity contribution is 7.98. The predicted octanol–water partition coefficient (Wildman–Crippen LogP) is 4.08. The number of thioether (sulfide) groups is 1. The number of nitrogens with zero attached hydrogens (tertiary/aromatic N) is 3. The normalized spacial score (nSPS) is 10.8. The van der Waals surface area contributed by atoms with Gasteiger partial charge in [0.05, 0.1) is 18.8 Å². The van der Waals surface area contributed by atoms with Gasteiger partial charge in [0.25, 0.3) is 0 Å². The van der Waals surface area contributed by atoms with E-state index in [1.165, 1.54) is 11.8 Å². The number of ether oxygens (including phenoxy) is 2. The molecule has 3 aromatic rings. The lowest BCUT2D eigenvalue weighted by Gasteiger charge is -2.08. The number of thiophene rings is 1. The molecular weight excluding hydrogens is 436 g/mol. The van der Waals surface area contributed by atoms with Gasteiger partial charge in [-0.1, -0.05) is 35.5 Å². The molecule has 2 aromatic heterocycles. The van der Waals surface area contributed by atoms with Gasteiger partial charge in [0.2, 0.25) is 0 Å². The van der Waals surface area contributed by atoms with Crippen molar-refractivity contribution in [1.82, 2.24) is 14.8 Å². The molecule has 0 spiro atoms. The van der Waals surface area contributed by atoms with Crippen molar-refractivity contribution in [2.75, 3.05) is 18.9 Å². The number of hydrogen-bond donors (Lipinski definition) is 1. The summed E-state index contributed by atoms with van der Waals surface area (Å²) in [6.45, 7) is 5.89. The number of benzene rings is 1. The first-order valence-corrected chi connectivity index (χ1v) is 11.5. The number of nitrogen functional groups attached to an aromatic ring is 1. The van der Waals surface area contributed by atoms with Crippen LogP contribution in [0.15, 0.2) is 29.4 Å². The summed E-state index contributed by atoms with van der Waals surface area (Å²) in [5.41, 5.74) is 8.86. The topological polar surface area (TPSA) is 109 Å². The van der Waals surface area contributed by atoms with E-state index in [9.17, 15) is 9.59 Å². The second-order valence-corrected chi connectivity index (χ2v) is 8.61. The van der Waals surface area contributed by atoms with Crippen molar-refractivity contribution in [3.8, 4) is 11.4 Å². The summed E-state index contributed by atoms with van der Waals surface area (Å²) in [6, 6.07) is 8.00. The summed E-state index contributed by atoms with van der Waals surface area (Å²) >= 11 is 2.39. The van der Waals surface area contributed by atoms with Crippen LogP contribution in [0.5, 0.6) is 0 Å². The Labute approximate surface area is 188 Å². The van der Waals surface area contributed by atoms with Gasteiger partial charge in [0, 0.05) is 23.9 Å². The molecule has 0 amide bonds. The number of aryl methyl sites for hydroxylation is 1. The third-order valence-electron chi connectivity index (χ3n) is 4.43. The molecule has 0 aliphatic heterocycles. The second-order valence-electron chi connectivity index (χ2n) is 6.61. The molecule has 0 aliphatic rings. The summed E-state index contributed by atoms with van der Waals surface area (Å²) in [7, 11) is 1.88. The zero-order chi connectivity index (χ0) is 22.5. The van der Waals surface area contributed by atoms with Crippen LogP contribution in [-0.2, 0) is 22.3 Å². The number of anilines is 1. The first-order chi connectivity index (χ1) is 14.9. The van der Waals surface area contributed by atoms with E-state index in [1.807, 2.05) is 42.8 Å². The number of hydrogen-bond acceptors (Lipinski definition) is 9. The van der Waals surface area contributed by atoms with Crippen LogP contribution < -0.4 is 5.73 Å². The van der Waals surface area contributed by atoms with Crippen LogP contribution in [0.2, 0.25) is 0 Å². The molecule has 3 rings (SSSR count). The maximum atomic E-state index is 12.5. The van der Waals surface area contributed by atoms with Gasteiger partial charge < -0.3 is 19.8 Å². The van der Waals surface area contributed by atoms with E-state index in [0.29, 0.717) is 15.6 Å². The Morgan fingerprint density at radius 1 is 1.16 bits per heavy atom. The molecular formula is C21H24N4O4S2. The molecule has 8 nitrogen and oxygen atoms in total. The molecule has 2 N–H and O–H groups in total. The van der Waals surface area contributed by atoms with Crippen LogP contribution in [-0.4, -0.2) is 39.9 Å². The number of carbonyl (C=O) groups excluding carboxylic acids is 2. The second kappa shape index (κ2) is 9.97.